The molecule has 1 aliphatic rings. The van der Waals surface area contributed by atoms with E-state index < -0.39 is 0 Å². The summed E-state index contributed by atoms with van der Waals surface area (Å²) >= 11 is 0. The molecule has 0 fully saturated rings. The lowest BCUT2D eigenvalue weighted by molar-refractivity contribution is 0.174. The summed E-state index contributed by atoms with van der Waals surface area (Å²) < 4.78 is 16.7. The highest BCUT2D eigenvalue weighted by molar-refractivity contribution is 6.09. The Morgan fingerprint density at radius 1 is 0.818 bits per heavy atom. The minimum absolute atomic E-state index is 0.0266. The summed E-state index contributed by atoms with van der Waals surface area (Å²) in [5, 5.41) is 2.91. The van der Waals surface area contributed by atoms with E-state index in [0.29, 0.717) is 33.4 Å². The van der Waals surface area contributed by atoms with Crippen LogP contribution in [-0.4, -0.2) is 6.79 Å². The molecule has 22 heavy (non-hydrogen) atoms. The monoisotopic (exact) mass is 290 g/mol. The second kappa shape index (κ2) is 4.01. The average molecular weight is 290 g/mol. The van der Waals surface area contributed by atoms with Gasteiger partial charge in [0.2, 0.25) is 12.2 Å². The van der Waals surface area contributed by atoms with Crippen molar-refractivity contribution in [2.24, 2.45) is 0 Å². The zero-order valence-electron chi connectivity index (χ0n) is 11.5. The molecule has 1 aromatic heterocycles. The zero-order chi connectivity index (χ0) is 14.7. The Kier molecular flexibility index (Phi) is 2.12. The summed E-state index contributed by atoms with van der Waals surface area (Å²) in [7, 11) is 0. The van der Waals surface area contributed by atoms with Crippen LogP contribution in [-0.2, 0) is 0 Å². The van der Waals surface area contributed by atoms with E-state index in [-0.39, 0.29) is 12.2 Å². The van der Waals surface area contributed by atoms with Gasteiger partial charge in [-0.15, -0.1) is 0 Å². The van der Waals surface area contributed by atoms with Crippen LogP contribution in [0.15, 0.2) is 57.7 Å². The van der Waals surface area contributed by atoms with Gasteiger partial charge in [0.05, 0.1) is 10.8 Å². The molecular formula is C18H10O4. The van der Waals surface area contributed by atoms with Crippen molar-refractivity contribution in [3.8, 4) is 11.5 Å². The van der Waals surface area contributed by atoms with Gasteiger partial charge in [-0.05, 0) is 35.7 Å². The number of ether oxygens (including phenoxy) is 2. The maximum atomic E-state index is 12.9. The molecule has 0 spiro atoms. The van der Waals surface area contributed by atoms with Crippen molar-refractivity contribution >= 4 is 32.7 Å². The van der Waals surface area contributed by atoms with Crippen molar-refractivity contribution in [2.45, 2.75) is 0 Å². The van der Waals surface area contributed by atoms with Crippen molar-refractivity contribution in [1.82, 2.24) is 0 Å². The first-order chi connectivity index (χ1) is 10.8. The van der Waals surface area contributed by atoms with Gasteiger partial charge in [0.25, 0.3) is 0 Å². The molecule has 106 valence electrons. The topological polar surface area (TPSA) is 48.7 Å². The summed E-state index contributed by atoms with van der Waals surface area (Å²) in [5.41, 5.74) is 1.15. The molecule has 3 aromatic carbocycles. The lowest BCUT2D eigenvalue weighted by atomic mass is 10.0. The van der Waals surface area contributed by atoms with Gasteiger partial charge < -0.3 is 13.9 Å². The molecule has 2 heterocycles. The zero-order valence-corrected chi connectivity index (χ0v) is 11.5. The Morgan fingerprint density at radius 3 is 2.55 bits per heavy atom. The van der Waals surface area contributed by atoms with Gasteiger partial charge in [-0.3, -0.25) is 4.79 Å². The van der Waals surface area contributed by atoms with Gasteiger partial charge in [-0.1, -0.05) is 18.2 Å². The fraction of sp³-hybridized carbons (Fsp3) is 0.0556. The van der Waals surface area contributed by atoms with E-state index in [1.807, 2.05) is 36.4 Å². The number of rotatable bonds is 0. The fourth-order valence-corrected chi connectivity index (χ4v) is 3.01. The molecule has 4 nitrogen and oxygen atoms in total. The second-order valence-corrected chi connectivity index (χ2v) is 5.29. The number of benzene rings is 3. The summed E-state index contributed by atoms with van der Waals surface area (Å²) in [4.78, 5) is 12.9. The molecule has 4 aromatic rings. The summed E-state index contributed by atoms with van der Waals surface area (Å²) in [6, 6.07) is 14.8. The molecule has 0 atom stereocenters. The first-order valence-corrected chi connectivity index (χ1v) is 6.99. The molecule has 0 radical (unpaired) electrons. The van der Waals surface area contributed by atoms with E-state index in [9.17, 15) is 4.79 Å². The quantitative estimate of drug-likeness (QED) is 0.365. The molecule has 4 heteroatoms. The highest BCUT2D eigenvalue weighted by Crippen LogP contribution is 2.38. The van der Waals surface area contributed by atoms with Crippen LogP contribution in [0.1, 0.15) is 0 Å². The normalized spacial score (nSPS) is 13.3. The Balaban J connectivity index is 2.03. The highest BCUT2D eigenvalue weighted by atomic mass is 16.7. The third-order valence-electron chi connectivity index (χ3n) is 4.05. The van der Waals surface area contributed by atoms with Crippen LogP contribution < -0.4 is 14.9 Å². The van der Waals surface area contributed by atoms with Crippen LogP contribution in [0.3, 0.4) is 0 Å². The van der Waals surface area contributed by atoms with Gasteiger partial charge >= 0.3 is 0 Å². The molecule has 0 amide bonds. The molecule has 1 aliphatic heterocycles. The van der Waals surface area contributed by atoms with Crippen LogP contribution in [0.5, 0.6) is 11.5 Å². The molecule has 0 unspecified atom stereocenters. The minimum Gasteiger partial charge on any atom is -0.456 e. The van der Waals surface area contributed by atoms with Crippen LogP contribution >= 0.6 is 0 Å². The molecule has 0 saturated heterocycles. The molecule has 5 rings (SSSR count). The van der Waals surface area contributed by atoms with Gasteiger partial charge in [-0.2, -0.15) is 0 Å². The molecule has 0 N–H and O–H groups in total. The molecule has 0 bridgehead atoms. The van der Waals surface area contributed by atoms with Crippen molar-refractivity contribution in [3.05, 3.63) is 58.8 Å². The van der Waals surface area contributed by atoms with Gasteiger partial charge in [-0.25, -0.2) is 0 Å². The minimum atomic E-state index is -0.0266. The van der Waals surface area contributed by atoms with Crippen molar-refractivity contribution in [1.29, 1.82) is 0 Å². The Labute approximate surface area is 124 Å². The Morgan fingerprint density at radius 2 is 1.64 bits per heavy atom. The van der Waals surface area contributed by atoms with E-state index in [1.165, 1.54) is 0 Å². The van der Waals surface area contributed by atoms with Crippen LogP contribution in [0, 0.1) is 0 Å². The predicted molar refractivity (Wildman–Crippen MR) is 83.6 cm³/mol. The fourth-order valence-electron chi connectivity index (χ4n) is 3.01. The maximum absolute atomic E-state index is 12.9. The number of hydrogen-bond acceptors (Lipinski definition) is 4. The first kappa shape index (κ1) is 11.6. The Bertz CT molecular complexity index is 1120. The summed E-state index contributed by atoms with van der Waals surface area (Å²) in [6.07, 6.45) is 0. The SMILES string of the molecule is O=c1c2ccccc2oc2ccc3cc4c(cc3c12)OCO4. The summed E-state index contributed by atoms with van der Waals surface area (Å²) in [5.74, 6) is 1.37. The van der Waals surface area contributed by atoms with E-state index in [2.05, 4.69) is 0 Å². The highest BCUT2D eigenvalue weighted by Gasteiger charge is 2.17. The van der Waals surface area contributed by atoms with Crippen molar-refractivity contribution in [3.63, 3.8) is 0 Å². The Hall–Kier alpha value is -3.01. The van der Waals surface area contributed by atoms with Gasteiger partial charge in [0.15, 0.2) is 11.5 Å². The third kappa shape index (κ3) is 1.44. The lowest BCUT2D eigenvalue weighted by Crippen LogP contribution is -2.02. The van der Waals surface area contributed by atoms with Crippen LogP contribution in [0.25, 0.3) is 32.7 Å². The standard InChI is InChI=1S/C18H10O4/c19-18-11-3-1-2-4-13(11)22-14-6-5-10-7-15-16(21-9-20-15)8-12(10)17(14)18/h1-8H,9H2. The maximum Gasteiger partial charge on any atom is 0.231 e. The van der Waals surface area contributed by atoms with Gasteiger partial charge in [0.1, 0.15) is 11.2 Å². The average Bonchev–Trinajstić information content (AvgIpc) is 3.00. The lowest BCUT2D eigenvalue weighted by Gasteiger charge is -2.06. The second-order valence-electron chi connectivity index (χ2n) is 5.29. The largest absolute Gasteiger partial charge is 0.456 e. The van der Waals surface area contributed by atoms with E-state index >= 15 is 0 Å². The van der Waals surface area contributed by atoms with Crippen molar-refractivity contribution < 1.29 is 13.9 Å². The number of hydrogen-bond donors (Lipinski definition) is 0. The molecule has 0 aliphatic carbocycles. The van der Waals surface area contributed by atoms with E-state index in [0.717, 1.165) is 10.8 Å². The number of fused-ring (bicyclic) bond motifs is 5. The molecule has 0 saturated carbocycles. The predicted octanol–water partition coefficient (Wildman–Crippen LogP) is 3.83. The van der Waals surface area contributed by atoms with Crippen LogP contribution in [0.2, 0.25) is 0 Å². The molecular weight excluding hydrogens is 280 g/mol. The summed E-state index contributed by atoms with van der Waals surface area (Å²) in [6.45, 7) is 0.209. The smallest absolute Gasteiger partial charge is 0.231 e. The van der Waals surface area contributed by atoms with Gasteiger partial charge in [0, 0.05) is 5.39 Å². The van der Waals surface area contributed by atoms with E-state index in [1.54, 1.807) is 12.1 Å². The van der Waals surface area contributed by atoms with E-state index in [4.69, 9.17) is 13.9 Å². The van der Waals surface area contributed by atoms with Crippen molar-refractivity contribution in [2.75, 3.05) is 6.79 Å². The first-order valence-electron chi connectivity index (χ1n) is 6.99. The third-order valence-corrected chi connectivity index (χ3v) is 4.05. The van der Waals surface area contributed by atoms with Crippen LogP contribution in [0.4, 0.5) is 0 Å². The number of para-hydroxylation sites is 1.